The van der Waals surface area contributed by atoms with Gasteiger partial charge in [0, 0.05) is 28.4 Å². The number of allylic oxidation sites excluding steroid dienone is 3. The summed E-state index contributed by atoms with van der Waals surface area (Å²) in [5, 5.41) is 0. The SMILES string of the molecule is C=C1C(Br)=CC=C(c2ccc(OCCC)cc2F)N1CC. The number of rotatable bonds is 5. The minimum Gasteiger partial charge on any atom is -0.494 e. The van der Waals surface area contributed by atoms with Crippen molar-refractivity contribution in [2.75, 3.05) is 13.2 Å². The predicted molar refractivity (Wildman–Crippen MR) is 88.7 cm³/mol. The monoisotopic (exact) mass is 351 g/mol. The van der Waals surface area contributed by atoms with Gasteiger partial charge in [-0.25, -0.2) is 4.39 Å². The van der Waals surface area contributed by atoms with Crippen LogP contribution in [-0.4, -0.2) is 18.1 Å². The first-order valence-corrected chi connectivity index (χ1v) is 7.84. The average molecular weight is 352 g/mol. The van der Waals surface area contributed by atoms with Gasteiger partial charge in [0.1, 0.15) is 11.6 Å². The first-order valence-electron chi connectivity index (χ1n) is 7.05. The van der Waals surface area contributed by atoms with Gasteiger partial charge in [-0.05, 0) is 53.6 Å². The Morgan fingerprint density at radius 1 is 1.29 bits per heavy atom. The molecule has 0 unspecified atom stereocenters. The highest BCUT2D eigenvalue weighted by molar-refractivity contribution is 9.12. The molecule has 1 aromatic rings. The van der Waals surface area contributed by atoms with Crippen molar-refractivity contribution in [3.05, 3.63) is 58.5 Å². The van der Waals surface area contributed by atoms with Crippen LogP contribution >= 0.6 is 15.9 Å². The van der Waals surface area contributed by atoms with E-state index >= 15 is 0 Å². The number of hydrogen-bond donors (Lipinski definition) is 0. The summed E-state index contributed by atoms with van der Waals surface area (Å²) in [5.74, 6) is 0.278. The van der Waals surface area contributed by atoms with Crippen molar-refractivity contribution in [3.8, 4) is 5.75 Å². The van der Waals surface area contributed by atoms with Gasteiger partial charge in [0.15, 0.2) is 0 Å². The molecule has 1 aromatic carbocycles. The number of ether oxygens (including phenoxy) is 1. The van der Waals surface area contributed by atoms with Crippen LogP contribution in [0.15, 0.2) is 47.1 Å². The van der Waals surface area contributed by atoms with Gasteiger partial charge in [0.25, 0.3) is 0 Å². The summed E-state index contributed by atoms with van der Waals surface area (Å²) >= 11 is 3.46. The van der Waals surface area contributed by atoms with Gasteiger partial charge in [0.05, 0.1) is 12.3 Å². The summed E-state index contributed by atoms with van der Waals surface area (Å²) < 4.78 is 20.8. The molecule has 21 heavy (non-hydrogen) atoms. The third-order valence-electron chi connectivity index (χ3n) is 3.29. The Morgan fingerprint density at radius 2 is 2.05 bits per heavy atom. The van der Waals surface area contributed by atoms with Gasteiger partial charge >= 0.3 is 0 Å². The number of nitrogens with zero attached hydrogens (tertiary/aromatic N) is 1. The van der Waals surface area contributed by atoms with Crippen molar-refractivity contribution in [1.82, 2.24) is 4.90 Å². The molecule has 0 aliphatic carbocycles. The summed E-state index contributed by atoms with van der Waals surface area (Å²) in [6.45, 7) is 9.38. The molecule has 1 aliphatic heterocycles. The van der Waals surface area contributed by atoms with Crippen molar-refractivity contribution < 1.29 is 9.13 Å². The lowest BCUT2D eigenvalue weighted by molar-refractivity contribution is 0.315. The Bertz CT molecular complexity index is 607. The highest BCUT2D eigenvalue weighted by Gasteiger charge is 2.20. The molecule has 0 N–H and O–H groups in total. The second-order valence-corrected chi connectivity index (χ2v) is 5.60. The van der Waals surface area contributed by atoms with E-state index in [4.69, 9.17) is 4.74 Å². The van der Waals surface area contributed by atoms with E-state index in [2.05, 4.69) is 22.5 Å². The normalized spacial score (nSPS) is 14.9. The molecule has 2 rings (SSSR count). The van der Waals surface area contributed by atoms with E-state index in [1.54, 1.807) is 12.1 Å². The van der Waals surface area contributed by atoms with E-state index in [1.165, 1.54) is 6.07 Å². The van der Waals surface area contributed by atoms with Crippen molar-refractivity contribution in [2.24, 2.45) is 0 Å². The molecule has 0 fully saturated rings. The van der Waals surface area contributed by atoms with Crippen LogP contribution in [0.5, 0.6) is 5.75 Å². The Kier molecular flexibility index (Phi) is 5.23. The Balaban J connectivity index is 2.35. The lowest BCUT2D eigenvalue weighted by atomic mass is 10.1. The highest BCUT2D eigenvalue weighted by atomic mass is 79.9. The highest BCUT2D eigenvalue weighted by Crippen LogP contribution is 2.34. The quantitative estimate of drug-likeness (QED) is 0.732. The number of halogens is 2. The van der Waals surface area contributed by atoms with Crippen LogP contribution < -0.4 is 4.74 Å². The molecule has 0 radical (unpaired) electrons. The van der Waals surface area contributed by atoms with Crippen LogP contribution in [0.25, 0.3) is 5.70 Å². The Hall–Kier alpha value is -1.55. The zero-order valence-corrected chi connectivity index (χ0v) is 13.9. The minimum absolute atomic E-state index is 0.285. The summed E-state index contributed by atoms with van der Waals surface area (Å²) in [6, 6.07) is 5.00. The van der Waals surface area contributed by atoms with Gasteiger partial charge in [-0.15, -0.1) is 0 Å². The molecule has 112 valence electrons. The summed E-state index contributed by atoms with van der Waals surface area (Å²) in [4.78, 5) is 1.98. The summed E-state index contributed by atoms with van der Waals surface area (Å²) in [6.07, 6.45) is 4.69. The summed E-state index contributed by atoms with van der Waals surface area (Å²) in [5.41, 5.74) is 2.20. The fourth-order valence-corrected chi connectivity index (χ4v) is 2.57. The van der Waals surface area contributed by atoms with E-state index in [-0.39, 0.29) is 5.82 Å². The fraction of sp³-hybridized carbons (Fsp3) is 0.294. The van der Waals surface area contributed by atoms with Crippen molar-refractivity contribution in [2.45, 2.75) is 20.3 Å². The molecule has 0 saturated heterocycles. The maximum atomic E-state index is 14.4. The lowest BCUT2D eigenvalue weighted by Gasteiger charge is -2.30. The molecule has 0 amide bonds. The maximum Gasteiger partial charge on any atom is 0.136 e. The van der Waals surface area contributed by atoms with Gasteiger partial charge in [-0.1, -0.05) is 13.5 Å². The van der Waals surface area contributed by atoms with Gasteiger partial charge < -0.3 is 9.64 Å². The molecule has 4 heteroatoms. The zero-order valence-electron chi connectivity index (χ0n) is 12.3. The smallest absolute Gasteiger partial charge is 0.136 e. The predicted octanol–water partition coefficient (Wildman–Crippen LogP) is 5.08. The molecule has 0 atom stereocenters. The largest absolute Gasteiger partial charge is 0.494 e. The topological polar surface area (TPSA) is 12.5 Å². The third-order valence-corrected chi connectivity index (χ3v) is 4.01. The maximum absolute atomic E-state index is 14.4. The van der Waals surface area contributed by atoms with Crippen molar-refractivity contribution in [1.29, 1.82) is 0 Å². The first kappa shape index (κ1) is 15.8. The molecular weight excluding hydrogens is 333 g/mol. The van der Waals surface area contributed by atoms with Crippen LogP contribution in [0.4, 0.5) is 4.39 Å². The van der Waals surface area contributed by atoms with Crippen LogP contribution in [0.2, 0.25) is 0 Å². The first-order chi connectivity index (χ1) is 10.1. The standard InChI is InChI=1S/C17H19BrFNO/c1-4-10-21-13-6-7-14(16(19)11-13)17-9-8-15(18)12(3)20(17)5-2/h6-9,11H,3-5,10H2,1-2H3. The van der Waals surface area contributed by atoms with Crippen LogP contribution in [0.1, 0.15) is 25.8 Å². The molecule has 2 nitrogen and oxygen atoms in total. The van der Waals surface area contributed by atoms with Gasteiger partial charge in [0.2, 0.25) is 0 Å². The van der Waals surface area contributed by atoms with E-state index < -0.39 is 0 Å². The lowest BCUT2D eigenvalue weighted by Crippen LogP contribution is -2.23. The van der Waals surface area contributed by atoms with Crippen molar-refractivity contribution in [3.63, 3.8) is 0 Å². The second-order valence-electron chi connectivity index (χ2n) is 4.75. The molecule has 1 heterocycles. The van der Waals surface area contributed by atoms with Crippen LogP contribution in [-0.2, 0) is 0 Å². The molecule has 0 spiro atoms. The number of hydrogen-bond acceptors (Lipinski definition) is 2. The molecule has 0 bridgehead atoms. The molecular formula is C17H19BrFNO. The molecule has 0 aromatic heterocycles. The summed E-state index contributed by atoms with van der Waals surface area (Å²) in [7, 11) is 0. The third kappa shape index (κ3) is 3.38. The second kappa shape index (κ2) is 6.94. The van der Waals surface area contributed by atoms with Crippen molar-refractivity contribution >= 4 is 21.6 Å². The van der Waals surface area contributed by atoms with Crippen LogP contribution in [0.3, 0.4) is 0 Å². The average Bonchev–Trinajstić information content (AvgIpc) is 2.48. The van der Waals surface area contributed by atoms with Gasteiger partial charge in [-0.3, -0.25) is 0 Å². The Morgan fingerprint density at radius 3 is 2.67 bits per heavy atom. The van der Waals surface area contributed by atoms with Crippen LogP contribution in [0, 0.1) is 5.82 Å². The van der Waals surface area contributed by atoms with E-state index in [0.29, 0.717) is 17.9 Å². The Labute approximate surface area is 133 Å². The fourth-order valence-electron chi connectivity index (χ4n) is 2.22. The minimum atomic E-state index is -0.285. The van der Waals surface area contributed by atoms with E-state index in [0.717, 1.165) is 28.8 Å². The zero-order chi connectivity index (χ0) is 15.4. The molecule has 0 saturated carbocycles. The van der Waals surface area contributed by atoms with Gasteiger partial charge in [-0.2, -0.15) is 0 Å². The van der Waals surface area contributed by atoms with E-state index in [1.807, 2.05) is 30.9 Å². The molecule has 1 aliphatic rings. The number of benzene rings is 1. The van der Waals surface area contributed by atoms with E-state index in [9.17, 15) is 4.39 Å². The number of likely N-dealkylation sites (N-methyl/N-ethyl adjacent to an activating group) is 1.